The SMILES string of the molecule is C=CCN1C(C)CCN(C)C(=O)C1CCC(=O)O. The Balaban J connectivity index is 2.87. The Morgan fingerprint density at radius 2 is 2.28 bits per heavy atom. The van der Waals surface area contributed by atoms with Gasteiger partial charge >= 0.3 is 5.97 Å². The van der Waals surface area contributed by atoms with Crippen molar-refractivity contribution in [2.75, 3.05) is 20.1 Å². The molecule has 0 radical (unpaired) electrons. The van der Waals surface area contributed by atoms with Crippen LogP contribution >= 0.6 is 0 Å². The lowest BCUT2D eigenvalue weighted by molar-refractivity contribution is -0.138. The molecule has 0 saturated carbocycles. The molecular formula is C13H22N2O3. The van der Waals surface area contributed by atoms with Gasteiger partial charge < -0.3 is 10.0 Å². The second-order valence-electron chi connectivity index (χ2n) is 4.83. The standard InChI is InChI=1S/C13H22N2O3/c1-4-8-15-10(2)7-9-14(3)13(18)11(15)5-6-12(16)17/h4,10-11H,1,5-9H2,2-3H3,(H,16,17). The Labute approximate surface area is 108 Å². The summed E-state index contributed by atoms with van der Waals surface area (Å²) in [5.74, 6) is -0.844. The summed E-state index contributed by atoms with van der Waals surface area (Å²) in [5.41, 5.74) is 0. The number of rotatable bonds is 5. The third kappa shape index (κ3) is 3.57. The van der Waals surface area contributed by atoms with Gasteiger partial charge in [-0.25, -0.2) is 0 Å². The predicted molar refractivity (Wildman–Crippen MR) is 69.3 cm³/mol. The number of hydrogen-bond donors (Lipinski definition) is 1. The Morgan fingerprint density at radius 3 is 2.83 bits per heavy atom. The maximum Gasteiger partial charge on any atom is 0.303 e. The van der Waals surface area contributed by atoms with Gasteiger partial charge in [0, 0.05) is 32.6 Å². The van der Waals surface area contributed by atoms with E-state index in [0.717, 1.165) is 13.0 Å². The van der Waals surface area contributed by atoms with Crippen molar-refractivity contribution in [3.8, 4) is 0 Å². The van der Waals surface area contributed by atoms with Crippen LogP contribution < -0.4 is 0 Å². The van der Waals surface area contributed by atoms with Crippen molar-refractivity contribution in [2.45, 2.75) is 38.3 Å². The van der Waals surface area contributed by atoms with E-state index in [2.05, 4.69) is 18.4 Å². The van der Waals surface area contributed by atoms with E-state index in [1.54, 1.807) is 18.0 Å². The smallest absolute Gasteiger partial charge is 0.303 e. The van der Waals surface area contributed by atoms with Gasteiger partial charge in [-0.15, -0.1) is 6.58 Å². The molecule has 5 nitrogen and oxygen atoms in total. The molecule has 0 spiro atoms. The third-order valence-electron chi connectivity index (χ3n) is 3.48. The van der Waals surface area contributed by atoms with Crippen molar-refractivity contribution in [1.29, 1.82) is 0 Å². The first-order valence-corrected chi connectivity index (χ1v) is 6.30. The molecule has 1 aliphatic rings. The molecule has 0 bridgehead atoms. The summed E-state index contributed by atoms with van der Waals surface area (Å²) in [5, 5.41) is 8.79. The maximum atomic E-state index is 12.2. The largest absolute Gasteiger partial charge is 0.481 e. The van der Waals surface area contributed by atoms with Gasteiger partial charge in [0.15, 0.2) is 0 Å². The van der Waals surface area contributed by atoms with Gasteiger partial charge in [0.1, 0.15) is 0 Å². The number of hydrogen-bond acceptors (Lipinski definition) is 3. The molecule has 1 heterocycles. The van der Waals surface area contributed by atoms with Crippen LogP contribution in [-0.2, 0) is 9.59 Å². The van der Waals surface area contributed by atoms with Gasteiger partial charge in [0.2, 0.25) is 5.91 Å². The number of carboxylic acid groups (broad SMARTS) is 1. The number of amides is 1. The minimum absolute atomic E-state index is 0.0162. The summed E-state index contributed by atoms with van der Waals surface area (Å²) in [6.45, 7) is 7.12. The fourth-order valence-corrected chi connectivity index (χ4v) is 2.37. The van der Waals surface area contributed by atoms with E-state index < -0.39 is 5.97 Å². The molecule has 1 rings (SSSR count). The van der Waals surface area contributed by atoms with Crippen LogP contribution in [0.3, 0.4) is 0 Å². The molecule has 2 unspecified atom stereocenters. The number of carboxylic acids is 1. The molecule has 2 atom stereocenters. The molecule has 0 aromatic rings. The lowest BCUT2D eigenvalue weighted by Crippen LogP contribution is -2.47. The zero-order valence-corrected chi connectivity index (χ0v) is 11.1. The third-order valence-corrected chi connectivity index (χ3v) is 3.48. The predicted octanol–water partition coefficient (Wildman–Crippen LogP) is 0.958. The lowest BCUT2D eigenvalue weighted by Gasteiger charge is -2.32. The molecule has 0 aliphatic carbocycles. The highest BCUT2D eigenvalue weighted by molar-refractivity contribution is 5.82. The molecule has 1 N–H and O–H groups in total. The first kappa shape index (κ1) is 14.7. The zero-order valence-electron chi connectivity index (χ0n) is 11.1. The summed E-state index contributed by atoms with van der Waals surface area (Å²) in [6, 6.07) is -0.0858. The van der Waals surface area contributed by atoms with E-state index in [1.165, 1.54) is 0 Å². The monoisotopic (exact) mass is 254 g/mol. The van der Waals surface area contributed by atoms with Crippen LogP contribution in [0.1, 0.15) is 26.2 Å². The second kappa shape index (κ2) is 6.54. The van der Waals surface area contributed by atoms with Gasteiger partial charge in [0.25, 0.3) is 0 Å². The highest BCUT2D eigenvalue weighted by Gasteiger charge is 2.33. The van der Waals surface area contributed by atoms with Crippen molar-refractivity contribution in [2.24, 2.45) is 0 Å². The van der Waals surface area contributed by atoms with E-state index in [0.29, 0.717) is 13.0 Å². The maximum absolute atomic E-state index is 12.2. The highest BCUT2D eigenvalue weighted by atomic mass is 16.4. The molecule has 0 aromatic heterocycles. The molecule has 1 aliphatic heterocycles. The van der Waals surface area contributed by atoms with Gasteiger partial charge in [0.05, 0.1) is 6.04 Å². The second-order valence-corrected chi connectivity index (χ2v) is 4.83. The molecule has 18 heavy (non-hydrogen) atoms. The zero-order chi connectivity index (χ0) is 13.7. The normalized spacial score (nSPS) is 25.9. The minimum atomic E-state index is -0.860. The molecule has 1 saturated heterocycles. The Bertz CT molecular complexity index is 330. The molecule has 0 aromatic carbocycles. The van der Waals surface area contributed by atoms with Gasteiger partial charge in [-0.1, -0.05) is 6.08 Å². The van der Waals surface area contributed by atoms with Gasteiger partial charge in [-0.3, -0.25) is 14.5 Å². The van der Waals surface area contributed by atoms with Crippen molar-refractivity contribution in [3.05, 3.63) is 12.7 Å². The lowest BCUT2D eigenvalue weighted by atomic mass is 10.1. The fourth-order valence-electron chi connectivity index (χ4n) is 2.37. The summed E-state index contributed by atoms with van der Waals surface area (Å²) in [4.78, 5) is 26.7. The first-order chi connectivity index (χ1) is 8.47. The quantitative estimate of drug-likeness (QED) is 0.742. The van der Waals surface area contributed by atoms with E-state index in [4.69, 9.17) is 5.11 Å². The molecular weight excluding hydrogens is 232 g/mol. The van der Waals surface area contributed by atoms with Crippen LogP contribution in [0.25, 0.3) is 0 Å². The van der Waals surface area contributed by atoms with E-state index in [1.807, 2.05) is 0 Å². The average Bonchev–Trinajstić information content (AvgIpc) is 2.41. The fraction of sp³-hybridized carbons (Fsp3) is 0.692. The Morgan fingerprint density at radius 1 is 1.61 bits per heavy atom. The van der Waals surface area contributed by atoms with Crippen molar-refractivity contribution >= 4 is 11.9 Å². The topological polar surface area (TPSA) is 60.9 Å². The molecule has 5 heteroatoms. The molecule has 1 amide bonds. The van der Waals surface area contributed by atoms with E-state index >= 15 is 0 Å². The van der Waals surface area contributed by atoms with Crippen LogP contribution in [0, 0.1) is 0 Å². The van der Waals surface area contributed by atoms with Crippen LogP contribution in [0.5, 0.6) is 0 Å². The van der Waals surface area contributed by atoms with Crippen molar-refractivity contribution < 1.29 is 14.7 Å². The van der Waals surface area contributed by atoms with E-state index in [-0.39, 0.29) is 24.4 Å². The number of carbonyl (C=O) groups excluding carboxylic acids is 1. The summed E-state index contributed by atoms with van der Waals surface area (Å²) < 4.78 is 0. The summed E-state index contributed by atoms with van der Waals surface area (Å²) in [6.07, 6.45) is 3.05. The van der Waals surface area contributed by atoms with E-state index in [9.17, 15) is 9.59 Å². The number of carbonyl (C=O) groups is 2. The molecule has 102 valence electrons. The van der Waals surface area contributed by atoms with Crippen LogP contribution in [0.15, 0.2) is 12.7 Å². The van der Waals surface area contributed by atoms with Crippen LogP contribution in [0.4, 0.5) is 0 Å². The first-order valence-electron chi connectivity index (χ1n) is 6.30. The Kier molecular flexibility index (Phi) is 5.34. The van der Waals surface area contributed by atoms with Crippen LogP contribution in [0.2, 0.25) is 0 Å². The highest BCUT2D eigenvalue weighted by Crippen LogP contribution is 2.20. The number of aliphatic carboxylic acids is 1. The Hall–Kier alpha value is -1.36. The van der Waals surface area contributed by atoms with Gasteiger partial charge in [-0.05, 0) is 19.8 Å². The number of likely N-dealkylation sites (N-methyl/N-ethyl adjacent to an activating group) is 1. The number of nitrogens with zero attached hydrogens (tertiary/aromatic N) is 2. The average molecular weight is 254 g/mol. The van der Waals surface area contributed by atoms with Gasteiger partial charge in [-0.2, -0.15) is 0 Å². The molecule has 1 fully saturated rings. The van der Waals surface area contributed by atoms with Crippen molar-refractivity contribution in [1.82, 2.24) is 9.80 Å². The summed E-state index contributed by atoms with van der Waals surface area (Å²) in [7, 11) is 1.78. The van der Waals surface area contributed by atoms with Crippen LogP contribution in [-0.4, -0.2) is 59.0 Å². The van der Waals surface area contributed by atoms with Crippen molar-refractivity contribution in [3.63, 3.8) is 0 Å². The summed E-state index contributed by atoms with van der Waals surface area (Å²) >= 11 is 0. The minimum Gasteiger partial charge on any atom is -0.481 e.